The zero-order chi connectivity index (χ0) is 16.8. The van der Waals surface area contributed by atoms with Crippen LogP contribution in [0.4, 0.5) is 5.69 Å². The molecule has 0 bridgehead atoms. The smallest absolute Gasteiger partial charge is 0.171 e. The summed E-state index contributed by atoms with van der Waals surface area (Å²) in [7, 11) is 0. The van der Waals surface area contributed by atoms with Crippen molar-refractivity contribution in [2.45, 2.75) is 32.6 Å². The van der Waals surface area contributed by atoms with Crippen molar-refractivity contribution < 1.29 is 4.79 Å². The van der Waals surface area contributed by atoms with E-state index in [1.54, 1.807) is 6.92 Å². The minimum atomic E-state index is 0.00750. The Morgan fingerprint density at radius 3 is 2.50 bits per heavy atom. The lowest BCUT2D eigenvalue weighted by molar-refractivity contribution is 0.102. The molecule has 122 valence electrons. The second-order valence-corrected chi connectivity index (χ2v) is 7.65. The van der Waals surface area contributed by atoms with E-state index in [0.717, 1.165) is 47.2 Å². The van der Waals surface area contributed by atoms with Crippen molar-refractivity contribution in [3.63, 3.8) is 0 Å². The van der Waals surface area contributed by atoms with Gasteiger partial charge >= 0.3 is 0 Å². The SMILES string of the molecule is CC(=O)c1sc2nc(-c3ccc(Cl)cc3)c3c(c2c1N)CCCC3. The van der Waals surface area contributed by atoms with Gasteiger partial charge in [-0.2, -0.15) is 0 Å². The fourth-order valence-corrected chi connectivity index (χ4v) is 4.67. The number of carbonyl (C=O) groups is 1. The van der Waals surface area contributed by atoms with Crippen molar-refractivity contribution >= 4 is 44.6 Å². The first-order chi connectivity index (χ1) is 11.6. The maximum atomic E-state index is 11.9. The fraction of sp³-hybridized carbons (Fsp3) is 0.263. The summed E-state index contributed by atoms with van der Waals surface area (Å²) in [6.45, 7) is 1.56. The van der Waals surface area contributed by atoms with E-state index in [9.17, 15) is 4.79 Å². The minimum absolute atomic E-state index is 0.00750. The van der Waals surface area contributed by atoms with E-state index in [1.807, 2.05) is 24.3 Å². The van der Waals surface area contributed by atoms with Crippen LogP contribution in [0, 0.1) is 0 Å². The number of carbonyl (C=O) groups excluding carboxylic acids is 1. The molecule has 0 atom stereocenters. The van der Waals surface area contributed by atoms with Crippen molar-refractivity contribution in [3.05, 3.63) is 45.3 Å². The number of fused-ring (bicyclic) bond motifs is 3. The van der Waals surface area contributed by atoms with E-state index in [4.69, 9.17) is 22.3 Å². The molecular formula is C19H17ClN2OS. The van der Waals surface area contributed by atoms with Gasteiger partial charge in [0.25, 0.3) is 0 Å². The number of nitrogen functional groups attached to an aromatic ring is 1. The van der Waals surface area contributed by atoms with E-state index in [1.165, 1.54) is 22.5 Å². The number of halogens is 1. The predicted octanol–water partition coefficient (Wildman–Crippen LogP) is 5.28. The van der Waals surface area contributed by atoms with E-state index in [-0.39, 0.29) is 5.78 Å². The second-order valence-electron chi connectivity index (χ2n) is 6.21. The third-order valence-corrected chi connectivity index (χ3v) is 6.09. The number of pyridine rings is 1. The van der Waals surface area contributed by atoms with Crippen molar-refractivity contribution in [2.24, 2.45) is 0 Å². The predicted molar refractivity (Wildman–Crippen MR) is 101 cm³/mol. The number of Topliss-reactive ketones (excluding diaryl/α,β-unsaturated/α-hetero) is 1. The van der Waals surface area contributed by atoms with Crippen LogP contribution in [0.1, 0.15) is 40.6 Å². The number of hydrogen-bond acceptors (Lipinski definition) is 4. The Hall–Kier alpha value is -1.91. The molecule has 0 unspecified atom stereocenters. The maximum absolute atomic E-state index is 11.9. The Kier molecular flexibility index (Phi) is 3.82. The number of benzene rings is 1. The molecule has 0 fully saturated rings. The summed E-state index contributed by atoms with van der Waals surface area (Å²) in [5, 5.41) is 1.71. The lowest BCUT2D eigenvalue weighted by atomic mass is 9.87. The number of hydrogen-bond donors (Lipinski definition) is 1. The molecule has 3 aromatic rings. The molecule has 0 saturated carbocycles. The number of nitrogens with two attached hydrogens (primary N) is 1. The number of anilines is 1. The first-order valence-corrected chi connectivity index (χ1v) is 9.26. The molecule has 24 heavy (non-hydrogen) atoms. The minimum Gasteiger partial charge on any atom is -0.397 e. The summed E-state index contributed by atoms with van der Waals surface area (Å²) in [5.41, 5.74) is 11.5. The number of aromatic nitrogens is 1. The molecule has 1 aromatic carbocycles. The highest BCUT2D eigenvalue weighted by molar-refractivity contribution is 7.21. The van der Waals surface area contributed by atoms with Crippen molar-refractivity contribution in [3.8, 4) is 11.3 Å². The summed E-state index contributed by atoms with van der Waals surface area (Å²) < 4.78 is 0. The fourth-order valence-electron chi connectivity index (χ4n) is 3.52. The summed E-state index contributed by atoms with van der Waals surface area (Å²) >= 11 is 7.43. The van der Waals surface area contributed by atoms with Gasteiger partial charge in [-0.25, -0.2) is 4.98 Å². The van der Waals surface area contributed by atoms with Gasteiger partial charge in [-0.05, 0) is 48.9 Å². The van der Waals surface area contributed by atoms with Gasteiger partial charge in [0.05, 0.1) is 16.3 Å². The van der Waals surface area contributed by atoms with Gasteiger partial charge in [0, 0.05) is 22.9 Å². The zero-order valence-electron chi connectivity index (χ0n) is 13.4. The molecule has 0 saturated heterocycles. The highest BCUT2D eigenvalue weighted by Gasteiger charge is 2.24. The number of thiophene rings is 1. The monoisotopic (exact) mass is 356 g/mol. The Balaban J connectivity index is 2.04. The van der Waals surface area contributed by atoms with Gasteiger partial charge in [0.1, 0.15) is 4.83 Å². The van der Waals surface area contributed by atoms with Crippen LogP contribution in [-0.2, 0) is 12.8 Å². The normalized spacial score (nSPS) is 13.9. The standard InChI is InChI=1S/C19H17ClN2OS/c1-10(23)18-16(21)15-13-4-2-3-5-14(13)17(22-19(15)24-18)11-6-8-12(20)9-7-11/h6-9H,2-5,21H2,1H3. The Morgan fingerprint density at radius 1 is 1.17 bits per heavy atom. The van der Waals surface area contributed by atoms with Crippen LogP contribution in [0.15, 0.2) is 24.3 Å². The van der Waals surface area contributed by atoms with Gasteiger partial charge < -0.3 is 5.73 Å². The van der Waals surface area contributed by atoms with Crippen LogP contribution in [-0.4, -0.2) is 10.8 Å². The Morgan fingerprint density at radius 2 is 1.83 bits per heavy atom. The molecule has 0 amide bonds. The van der Waals surface area contributed by atoms with Crippen LogP contribution in [0.5, 0.6) is 0 Å². The third kappa shape index (κ3) is 2.41. The quantitative estimate of drug-likeness (QED) is 0.635. The largest absolute Gasteiger partial charge is 0.397 e. The maximum Gasteiger partial charge on any atom is 0.171 e. The first-order valence-electron chi connectivity index (χ1n) is 8.07. The van der Waals surface area contributed by atoms with Crippen LogP contribution >= 0.6 is 22.9 Å². The summed E-state index contributed by atoms with van der Waals surface area (Å²) in [5.74, 6) is 0.00750. The molecule has 0 radical (unpaired) electrons. The summed E-state index contributed by atoms with van der Waals surface area (Å²) in [6, 6.07) is 7.80. The zero-order valence-corrected chi connectivity index (χ0v) is 14.9. The lowest BCUT2D eigenvalue weighted by Gasteiger charge is -2.20. The van der Waals surface area contributed by atoms with Gasteiger partial charge in [0.2, 0.25) is 0 Å². The molecule has 4 rings (SSSR count). The van der Waals surface area contributed by atoms with Crippen LogP contribution in [0.3, 0.4) is 0 Å². The molecule has 3 nitrogen and oxygen atoms in total. The van der Waals surface area contributed by atoms with E-state index >= 15 is 0 Å². The molecule has 0 spiro atoms. The molecular weight excluding hydrogens is 340 g/mol. The average molecular weight is 357 g/mol. The van der Waals surface area contributed by atoms with Crippen molar-refractivity contribution in [1.29, 1.82) is 0 Å². The van der Waals surface area contributed by atoms with Gasteiger partial charge in [-0.3, -0.25) is 4.79 Å². The summed E-state index contributed by atoms with van der Waals surface area (Å²) in [6.07, 6.45) is 4.30. The van der Waals surface area contributed by atoms with Crippen molar-refractivity contribution in [1.82, 2.24) is 4.98 Å². The number of nitrogens with zero attached hydrogens (tertiary/aromatic N) is 1. The van der Waals surface area contributed by atoms with Crippen molar-refractivity contribution in [2.75, 3.05) is 5.73 Å². The first kappa shape index (κ1) is 15.6. The van der Waals surface area contributed by atoms with Gasteiger partial charge in [0.15, 0.2) is 5.78 Å². The van der Waals surface area contributed by atoms with E-state index < -0.39 is 0 Å². The molecule has 2 N–H and O–H groups in total. The van der Waals surface area contributed by atoms with Gasteiger partial charge in [-0.15, -0.1) is 11.3 Å². The van der Waals surface area contributed by atoms with Crippen LogP contribution < -0.4 is 5.73 Å². The molecule has 2 aromatic heterocycles. The third-order valence-electron chi connectivity index (χ3n) is 4.63. The Labute approximate surface area is 149 Å². The topological polar surface area (TPSA) is 56.0 Å². The molecule has 0 aliphatic heterocycles. The second kappa shape index (κ2) is 5.87. The van der Waals surface area contributed by atoms with Gasteiger partial charge in [-0.1, -0.05) is 23.7 Å². The van der Waals surface area contributed by atoms with Crippen LogP contribution in [0.2, 0.25) is 5.02 Å². The lowest BCUT2D eigenvalue weighted by Crippen LogP contribution is -2.07. The average Bonchev–Trinajstić information content (AvgIpc) is 2.92. The molecule has 5 heteroatoms. The number of aryl methyl sites for hydroxylation is 1. The summed E-state index contributed by atoms with van der Waals surface area (Å²) in [4.78, 5) is 18.3. The highest BCUT2D eigenvalue weighted by Crippen LogP contribution is 2.42. The molecule has 1 aliphatic rings. The molecule has 1 aliphatic carbocycles. The molecule has 2 heterocycles. The Bertz CT molecular complexity index is 960. The number of rotatable bonds is 2. The number of ketones is 1. The van der Waals surface area contributed by atoms with E-state index in [2.05, 4.69) is 0 Å². The van der Waals surface area contributed by atoms with Crippen LogP contribution in [0.25, 0.3) is 21.5 Å². The van der Waals surface area contributed by atoms with E-state index in [0.29, 0.717) is 15.6 Å². The highest BCUT2D eigenvalue weighted by atomic mass is 35.5.